The smallest absolute Gasteiger partial charge is 0.240 e. The number of carbonyl (C=O) groups is 1. The maximum Gasteiger partial charge on any atom is 0.240 e. The van der Waals surface area contributed by atoms with Crippen LogP contribution in [0, 0.1) is 0 Å². The van der Waals surface area contributed by atoms with Gasteiger partial charge in [-0.25, -0.2) is 13.1 Å². The molecule has 0 aromatic heterocycles. The lowest BCUT2D eigenvalue weighted by Crippen LogP contribution is -2.25. The summed E-state index contributed by atoms with van der Waals surface area (Å²) < 4.78 is 26.9. The molecule has 1 N–H and O–H groups in total. The average molecular weight is 349 g/mol. The average Bonchev–Trinajstić information content (AvgIpc) is 2.55. The predicted molar refractivity (Wildman–Crippen MR) is 93.4 cm³/mol. The highest BCUT2D eigenvalue weighted by Crippen LogP contribution is 2.17. The van der Waals surface area contributed by atoms with E-state index in [9.17, 15) is 13.2 Å². The van der Waals surface area contributed by atoms with Crippen LogP contribution < -0.4 is 4.72 Å². The summed E-state index contributed by atoms with van der Waals surface area (Å²) in [6.07, 6.45) is 0.740. The molecule has 0 aliphatic carbocycles. The van der Waals surface area contributed by atoms with Gasteiger partial charge in [-0.1, -0.05) is 30.3 Å². The second-order valence-electron chi connectivity index (χ2n) is 4.99. The Bertz CT molecular complexity index is 741. The van der Waals surface area contributed by atoms with E-state index < -0.39 is 10.0 Å². The number of rotatable bonds is 8. The summed E-state index contributed by atoms with van der Waals surface area (Å²) in [6, 6.07) is 16.0. The molecule has 2 aromatic rings. The molecular formula is C17H19NO3S2. The van der Waals surface area contributed by atoms with Crippen LogP contribution in [0.25, 0.3) is 0 Å². The van der Waals surface area contributed by atoms with Gasteiger partial charge in [0.1, 0.15) is 0 Å². The van der Waals surface area contributed by atoms with Crippen molar-refractivity contribution in [3.8, 4) is 0 Å². The number of benzene rings is 2. The Morgan fingerprint density at radius 3 is 2.30 bits per heavy atom. The maximum atomic E-state index is 12.1. The van der Waals surface area contributed by atoms with Gasteiger partial charge in [-0.05, 0) is 43.4 Å². The third-order valence-electron chi connectivity index (χ3n) is 3.20. The summed E-state index contributed by atoms with van der Waals surface area (Å²) in [5.41, 5.74) is 0.503. The van der Waals surface area contributed by atoms with Crippen molar-refractivity contribution < 1.29 is 13.2 Å². The first-order valence-electron chi connectivity index (χ1n) is 7.27. The van der Waals surface area contributed by atoms with E-state index >= 15 is 0 Å². The van der Waals surface area contributed by atoms with Crippen LogP contribution in [-0.2, 0) is 10.0 Å². The van der Waals surface area contributed by atoms with Crippen molar-refractivity contribution in [1.29, 1.82) is 0 Å². The van der Waals surface area contributed by atoms with E-state index in [-0.39, 0.29) is 10.7 Å². The molecule has 0 aliphatic heterocycles. The number of hydrogen-bond donors (Lipinski definition) is 1. The molecule has 0 bridgehead atoms. The summed E-state index contributed by atoms with van der Waals surface area (Å²) in [5.74, 6) is 0.760. The molecule has 0 atom stereocenters. The van der Waals surface area contributed by atoms with Gasteiger partial charge in [0.15, 0.2) is 5.78 Å². The van der Waals surface area contributed by atoms with Crippen LogP contribution in [-0.4, -0.2) is 26.5 Å². The van der Waals surface area contributed by atoms with Crippen molar-refractivity contribution >= 4 is 27.6 Å². The Kier molecular flexibility index (Phi) is 6.38. The second kappa shape index (κ2) is 8.29. The molecule has 0 saturated heterocycles. The highest BCUT2D eigenvalue weighted by Gasteiger charge is 2.13. The molecule has 0 aliphatic rings. The van der Waals surface area contributed by atoms with E-state index in [0.717, 1.165) is 12.2 Å². The third-order valence-corrected chi connectivity index (χ3v) is 5.77. The van der Waals surface area contributed by atoms with Gasteiger partial charge in [0.05, 0.1) is 4.90 Å². The molecule has 2 aromatic carbocycles. The van der Waals surface area contributed by atoms with Crippen LogP contribution in [0.5, 0.6) is 0 Å². The summed E-state index contributed by atoms with van der Waals surface area (Å²) in [7, 11) is -3.52. The van der Waals surface area contributed by atoms with Gasteiger partial charge in [0.25, 0.3) is 0 Å². The highest BCUT2D eigenvalue weighted by molar-refractivity contribution is 7.99. The SMILES string of the molecule is CC(=O)c1ccc(S(=O)(=O)NCCCSc2ccccc2)cc1. The number of sulfonamides is 1. The van der Waals surface area contributed by atoms with Crippen LogP contribution in [0.15, 0.2) is 64.4 Å². The van der Waals surface area contributed by atoms with Crippen molar-refractivity contribution in [1.82, 2.24) is 4.72 Å². The molecule has 0 fully saturated rings. The number of carbonyl (C=O) groups excluding carboxylic acids is 1. The molecule has 23 heavy (non-hydrogen) atoms. The minimum absolute atomic E-state index is 0.0835. The lowest BCUT2D eigenvalue weighted by atomic mass is 10.2. The minimum Gasteiger partial charge on any atom is -0.295 e. The zero-order valence-electron chi connectivity index (χ0n) is 12.9. The van der Waals surface area contributed by atoms with E-state index in [4.69, 9.17) is 0 Å². The summed E-state index contributed by atoms with van der Waals surface area (Å²) in [5, 5.41) is 0. The normalized spacial score (nSPS) is 11.3. The monoisotopic (exact) mass is 349 g/mol. The number of hydrogen-bond acceptors (Lipinski definition) is 4. The second-order valence-corrected chi connectivity index (χ2v) is 7.93. The van der Waals surface area contributed by atoms with Crippen molar-refractivity contribution in [3.63, 3.8) is 0 Å². The topological polar surface area (TPSA) is 63.2 Å². The summed E-state index contributed by atoms with van der Waals surface area (Å²) >= 11 is 1.70. The Morgan fingerprint density at radius 2 is 1.70 bits per heavy atom. The Hall–Kier alpha value is -1.63. The Balaban J connectivity index is 1.81. The first kappa shape index (κ1) is 17.7. The van der Waals surface area contributed by atoms with Crippen LogP contribution in [0.2, 0.25) is 0 Å². The molecule has 2 rings (SSSR count). The molecule has 0 heterocycles. The summed E-state index contributed by atoms with van der Waals surface area (Å²) in [6.45, 7) is 1.84. The Labute approximate surface area is 141 Å². The zero-order chi connectivity index (χ0) is 16.7. The fourth-order valence-corrected chi connectivity index (χ4v) is 3.89. The quantitative estimate of drug-likeness (QED) is 0.451. The molecule has 0 radical (unpaired) electrons. The van der Waals surface area contributed by atoms with Crippen molar-refractivity contribution in [2.45, 2.75) is 23.1 Å². The van der Waals surface area contributed by atoms with Crippen LogP contribution in [0.4, 0.5) is 0 Å². The largest absolute Gasteiger partial charge is 0.295 e. The van der Waals surface area contributed by atoms with E-state index in [1.54, 1.807) is 11.8 Å². The van der Waals surface area contributed by atoms with Gasteiger partial charge in [-0.15, -0.1) is 11.8 Å². The van der Waals surface area contributed by atoms with Gasteiger partial charge in [-0.3, -0.25) is 4.79 Å². The van der Waals surface area contributed by atoms with E-state index in [1.807, 2.05) is 30.3 Å². The molecular weight excluding hydrogens is 330 g/mol. The fraction of sp³-hybridized carbons (Fsp3) is 0.235. The maximum absolute atomic E-state index is 12.1. The van der Waals surface area contributed by atoms with E-state index in [2.05, 4.69) is 4.72 Å². The lowest BCUT2D eigenvalue weighted by molar-refractivity contribution is 0.101. The number of ketones is 1. The van der Waals surface area contributed by atoms with Crippen LogP contribution in [0.3, 0.4) is 0 Å². The highest BCUT2D eigenvalue weighted by atomic mass is 32.2. The molecule has 6 heteroatoms. The zero-order valence-corrected chi connectivity index (χ0v) is 14.5. The Morgan fingerprint density at radius 1 is 1.04 bits per heavy atom. The van der Waals surface area contributed by atoms with E-state index in [1.165, 1.54) is 36.1 Å². The van der Waals surface area contributed by atoms with Crippen molar-refractivity contribution in [3.05, 3.63) is 60.2 Å². The fourth-order valence-electron chi connectivity index (χ4n) is 1.94. The van der Waals surface area contributed by atoms with Crippen molar-refractivity contribution in [2.75, 3.05) is 12.3 Å². The first-order valence-corrected chi connectivity index (χ1v) is 9.74. The molecule has 0 saturated carbocycles. The summed E-state index contributed by atoms with van der Waals surface area (Å²) in [4.78, 5) is 12.6. The predicted octanol–water partition coefficient (Wildman–Crippen LogP) is 3.35. The van der Waals surface area contributed by atoms with Crippen LogP contribution in [0.1, 0.15) is 23.7 Å². The molecule has 0 unspecified atom stereocenters. The van der Waals surface area contributed by atoms with Crippen LogP contribution >= 0.6 is 11.8 Å². The lowest BCUT2D eigenvalue weighted by Gasteiger charge is -2.07. The molecule has 0 amide bonds. The number of thioether (sulfide) groups is 1. The van der Waals surface area contributed by atoms with Gasteiger partial charge < -0.3 is 0 Å². The van der Waals surface area contributed by atoms with Crippen molar-refractivity contribution in [2.24, 2.45) is 0 Å². The molecule has 0 spiro atoms. The van der Waals surface area contributed by atoms with Gasteiger partial charge in [-0.2, -0.15) is 0 Å². The molecule has 4 nitrogen and oxygen atoms in total. The van der Waals surface area contributed by atoms with E-state index in [0.29, 0.717) is 12.1 Å². The van der Waals surface area contributed by atoms with Gasteiger partial charge in [0, 0.05) is 17.0 Å². The first-order chi connectivity index (χ1) is 11.0. The number of nitrogens with one attached hydrogen (secondary N) is 1. The minimum atomic E-state index is -3.52. The third kappa shape index (κ3) is 5.49. The standard InChI is InChI=1S/C17H19NO3S2/c1-14(19)15-8-10-17(11-9-15)23(20,21)18-12-5-13-22-16-6-3-2-4-7-16/h2-4,6-11,18H,5,12-13H2,1H3. The van der Waals surface area contributed by atoms with Gasteiger partial charge >= 0.3 is 0 Å². The molecule has 122 valence electrons. The van der Waals surface area contributed by atoms with Gasteiger partial charge in [0.2, 0.25) is 10.0 Å². The number of Topliss-reactive ketones (excluding diaryl/α,β-unsaturated/α-hetero) is 1.